The molecule has 1 aliphatic heterocycles. The largest absolute Gasteiger partial charge is 0.337 e. The van der Waals surface area contributed by atoms with Crippen LogP contribution < -0.4 is 5.32 Å². The molecule has 3 amide bonds. The summed E-state index contributed by atoms with van der Waals surface area (Å²) in [5.41, 5.74) is -1.52. The second kappa shape index (κ2) is 6.93. The van der Waals surface area contributed by atoms with E-state index in [2.05, 4.69) is 15.5 Å². The van der Waals surface area contributed by atoms with Crippen LogP contribution in [0.15, 0.2) is 47.0 Å². The second-order valence-corrected chi connectivity index (χ2v) is 6.97. The summed E-state index contributed by atoms with van der Waals surface area (Å²) in [4.78, 5) is 30.2. The van der Waals surface area contributed by atoms with Crippen LogP contribution in [0.4, 0.5) is 13.6 Å². The highest BCUT2D eigenvalue weighted by Crippen LogP contribution is 2.32. The molecule has 1 N–H and O–H groups in total. The molecule has 148 valence electrons. The summed E-state index contributed by atoms with van der Waals surface area (Å²) in [5, 5.41) is 6.62. The van der Waals surface area contributed by atoms with Crippen molar-refractivity contribution in [2.24, 2.45) is 0 Å². The van der Waals surface area contributed by atoms with Crippen LogP contribution in [-0.2, 0) is 16.9 Å². The quantitative estimate of drug-likeness (QED) is 0.653. The lowest BCUT2D eigenvalue weighted by molar-refractivity contribution is -0.131. The van der Waals surface area contributed by atoms with Crippen molar-refractivity contribution in [3.8, 4) is 11.4 Å². The lowest BCUT2D eigenvalue weighted by atomic mass is 9.91. The molecular formula is C19H13ClF2N4O3. The van der Waals surface area contributed by atoms with Gasteiger partial charge in [-0.25, -0.2) is 13.6 Å². The number of aromatic nitrogens is 2. The Labute approximate surface area is 168 Å². The lowest BCUT2D eigenvalue weighted by Gasteiger charge is -2.22. The molecule has 0 radical (unpaired) electrons. The molecule has 1 fully saturated rings. The fourth-order valence-electron chi connectivity index (χ4n) is 3.11. The maximum absolute atomic E-state index is 14.2. The summed E-state index contributed by atoms with van der Waals surface area (Å²) in [7, 11) is 0. The van der Waals surface area contributed by atoms with Crippen LogP contribution in [0.1, 0.15) is 18.4 Å². The molecule has 1 unspecified atom stereocenters. The monoisotopic (exact) mass is 418 g/mol. The third-order valence-electron chi connectivity index (χ3n) is 4.62. The van der Waals surface area contributed by atoms with Gasteiger partial charge >= 0.3 is 6.03 Å². The van der Waals surface area contributed by atoms with Crippen molar-refractivity contribution in [3.05, 3.63) is 70.6 Å². The van der Waals surface area contributed by atoms with Crippen LogP contribution in [0.2, 0.25) is 5.02 Å². The highest BCUT2D eigenvalue weighted by atomic mass is 35.5. The highest BCUT2D eigenvalue weighted by Gasteiger charge is 2.50. The van der Waals surface area contributed by atoms with Gasteiger partial charge in [0, 0.05) is 11.1 Å². The fourth-order valence-corrected chi connectivity index (χ4v) is 3.33. The first-order chi connectivity index (χ1) is 13.8. The molecule has 0 saturated carbocycles. The Kier molecular flexibility index (Phi) is 4.54. The zero-order chi connectivity index (χ0) is 20.8. The van der Waals surface area contributed by atoms with Crippen LogP contribution in [0.25, 0.3) is 11.4 Å². The number of carbonyl (C=O) groups excluding carboxylic acids is 2. The minimum atomic E-state index is -1.77. The number of urea groups is 1. The second-order valence-electron chi connectivity index (χ2n) is 6.56. The predicted molar refractivity (Wildman–Crippen MR) is 97.5 cm³/mol. The Balaban J connectivity index is 1.61. The van der Waals surface area contributed by atoms with Gasteiger partial charge in [-0.05, 0) is 37.3 Å². The zero-order valence-electron chi connectivity index (χ0n) is 14.9. The van der Waals surface area contributed by atoms with Gasteiger partial charge in [-0.3, -0.25) is 9.69 Å². The number of hydrogen-bond donors (Lipinski definition) is 1. The summed E-state index contributed by atoms with van der Waals surface area (Å²) in [6.45, 7) is 0.961. The van der Waals surface area contributed by atoms with Crippen LogP contribution in [0.5, 0.6) is 0 Å². The number of rotatable bonds is 4. The van der Waals surface area contributed by atoms with Gasteiger partial charge in [0.05, 0.1) is 5.02 Å². The maximum Gasteiger partial charge on any atom is 0.325 e. The number of carbonyl (C=O) groups is 2. The maximum atomic E-state index is 14.2. The van der Waals surface area contributed by atoms with Crippen LogP contribution >= 0.6 is 11.6 Å². The average Bonchev–Trinajstić information content (AvgIpc) is 3.23. The van der Waals surface area contributed by atoms with E-state index in [0.717, 1.165) is 23.1 Å². The van der Waals surface area contributed by atoms with Crippen molar-refractivity contribution in [1.82, 2.24) is 20.4 Å². The minimum Gasteiger partial charge on any atom is -0.337 e. The molecule has 0 bridgehead atoms. The topological polar surface area (TPSA) is 88.3 Å². The molecule has 1 aromatic heterocycles. The number of imide groups is 1. The molecule has 0 spiro atoms. The molecular weight excluding hydrogens is 406 g/mol. The molecule has 1 aliphatic rings. The summed E-state index contributed by atoms with van der Waals surface area (Å²) >= 11 is 6.10. The van der Waals surface area contributed by atoms with E-state index in [1.807, 2.05) is 0 Å². The standard InChI is InChI=1S/C19H13ClF2N4O3/c1-19(12-8-10(21)6-7-14(12)22)17(27)26(18(28)24-19)9-15-23-16(25-29-15)11-4-2-3-5-13(11)20/h2-8H,9H2,1H3,(H,24,28). The zero-order valence-corrected chi connectivity index (χ0v) is 15.7. The van der Waals surface area contributed by atoms with E-state index in [4.69, 9.17) is 16.1 Å². The summed E-state index contributed by atoms with van der Waals surface area (Å²) in [6.07, 6.45) is 0. The Morgan fingerprint density at radius 3 is 2.72 bits per heavy atom. The van der Waals surface area contributed by atoms with E-state index in [1.54, 1.807) is 24.3 Å². The van der Waals surface area contributed by atoms with Crippen LogP contribution in [-0.4, -0.2) is 27.0 Å². The molecule has 29 heavy (non-hydrogen) atoms. The lowest BCUT2D eigenvalue weighted by Crippen LogP contribution is -2.41. The minimum absolute atomic E-state index is 0.0209. The van der Waals surface area contributed by atoms with Gasteiger partial charge in [0.1, 0.15) is 23.7 Å². The van der Waals surface area contributed by atoms with Crippen molar-refractivity contribution in [2.75, 3.05) is 0 Å². The molecule has 0 aliphatic carbocycles. The molecule has 2 heterocycles. The normalized spacial score (nSPS) is 19.0. The smallest absolute Gasteiger partial charge is 0.325 e. The van der Waals surface area contributed by atoms with Gasteiger partial charge in [-0.1, -0.05) is 28.9 Å². The van der Waals surface area contributed by atoms with E-state index in [9.17, 15) is 18.4 Å². The predicted octanol–water partition coefficient (Wildman–Crippen LogP) is 3.64. The van der Waals surface area contributed by atoms with Gasteiger partial charge in [0.25, 0.3) is 5.91 Å². The molecule has 4 rings (SSSR count). The number of hydrogen-bond acceptors (Lipinski definition) is 5. The molecule has 3 aromatic rings. The molecule has 10 heteroatoms. The first-order valence-corrected chi connectivity index (χ1v) is 8.84. The summed E-state index contributed by atoms with van der Waals surface area (Å²) < 4.78 is 32.9. The number of halogens is 3. The van der Waals surface area contributed by atoms with E-state index < -0.39 is 29.1 Å². The van der Waals surface area contributed by atoms with E-state index >= 15 is 0 Å². The first kappa shape index (κ1) is 19.0. The Morgan fingerprint density at radius 1 is 1.21 bits per heavy atom. The summed E-state index contributed by atoms with van der Waals surface area (Å²) in [6, 6.07) is 8.73. The van der Waals surface area contributed by atoms with Gasteiger partial charge in [-0.15, -0.1) is 0 Å². The summed E-state index contributed by atoms with van der Waals surface area (Å²) in [5.74, 6) is -2.15. The van der Waals surface area contributed by atoms with Gasteiger partial charge in [0.15, 0.2) is 0 Å². The Morgan fingerprint density at radius 2 is 1.97 bits per heavy atom. The van der Waals surface area contributed by atoms with E-state index in [1.165, 1.54) is 6.92 Å². The van der Waals surface area contributed by atoms with Crippen LogP contribution in [0, 0.1) is 11.6 Å². The SMILES string of the molecule is CC1(c2cc(F)ccc2F)NC(=O)N(Cc2nc(-c3ccccc3Cl)no2)C1=O. The third-order valence-corrected chi connectivity index (χ3v) is 4.95. The Hall–Kier alpha value is -3.33. The van der Waals surface area contributed by atoms with Crippen molar-refractivity contribution < 1.29 is 22.9 Å². The number of nitrogens with zero attached hydrogens (tertiary/aromatic N) is 3. The molecule has 1 saturated heterocycles. The molecule has 2 aromatic carbocycles. The number of amides is 3. The molecule has 7 nitrogen and oxygen atoms in total. The highest BCUT2D eigenvalue weighted by molar-refractivity contribution is 6.33. The number of benzene rings is 2. The van der Waals surface area contributed by atoms with Gasteiger partial charge < -0.3 is 9.84 Å². The van der Waals surface area contributed by atoms with Crippen molar-refractivity contribution in [2.45, 2.75) is 19.0 Å². The van der Waals surface area contributed by atoms with Crippen molar-refractivity contribution >= 4 is 23.5 Å². The van der Waals surface area contributed by atoms with E-state index in [0.29, 0.717) is 10.6 Å². The third kappa shape index (κ3) is 3.23. The average molecular weight is 419 g/mol. The van der Waals surface area contributed by atoms with Crippen molar-refractivity contribution in [1.29, 1.82) is 0 Å². The van der Waals surface area contributed by atoms with Gasteiger partial charge in [-0.2, -0.15) is 4.98 Å². The fraction of sp³-hybridized carbons (Fsp3) is 0.158. The van der Waals surface area contributed by atoms with Crippen molar-refractivity contribution in [3.63, 3.8) is 0 Å². The molecule has 1 atom stereocenters. The first-order valence-electron chi connectivity index (χ1n) is 8.47. The number of nitrogens with one attached hydrogen (secondary N) is 1. The van der Waals surface area contributed by atoms with Crippen LogP contribution in [0.3, 0.4) is 0 Å². The van der Waals surface area contributed by atoms with E-state index in [-0.39, 0.29) is 23.8 Å². The Bertz CT molecular complexity index is 1140. The van der Waals surface area contributed by atoms with Gasteiger partial charge in [0.2, 0.25) is 11.7 Å².